The summed E-state index contributed by atoms with van der Waals surface area (Å²) in [5, 5.41) is 1.72. The van der Waals surface area contributed by atoms with E-state index in [9.17, 15) is 13.6 Å². The molecule has 0 radical (unpaired) electrons. The molecule has 0 saturated heterocycles. The van der Waals surface area contributed by atoms with E-state index in [1.807, 2.05) is 0 Å². The first kappa shape index (κ1) is 13.5. The number of rotatable bonds is 2. The van der Waals surface area contributed by atoms with E-state index in [1.54, 1.807) is 0 Å². The van der Waals surface area contributed by atoms with Gasteiger partial charge in [0.2, 0.25) is 0 Å². The minimum atomic E-state index is -0.672. The standard InChI is InChI=1S/C13H11F2NO2S/c1-6-3-10(15)7(4-9(6)14)8-5-19-12(16)11(8)13(17)18-2/h3-5H,16H2,1-2H3. The van der Waals surface area contributed by atoms with Gasteiger partial charge in [-0.05, 0) is 24.6 Å². The molecule has 0 spiro atoms. The molecule has 0 unspecified atom stereocenters. The molecule has 0 bridgehead atoms. The highest BCUT2D eigenvalue weighted by atomic mass is 32.1. The summed E-state index contributed by atoms with van der Waals surface area (Å²) >= 11 is 1.08. The third-order valence-corrected chi connectivity index (χ3v) is 3.56. The van der Waals surface area contributed by atoms with Crippen LogP contribution in [0.5, 0.6) is 0 Å². The second-order valence-electron chi connectivity index (χ2n) is 3.96. The van der Waals surface area contributed by atoms with Crippen molar-refractivity contribution < 1.29 is 18.3 Å². The van der Waals surface area contributed by atoms with E-state index in [4.69, 9.17) is 5.73 Å². The van der Waals surface area contributed by atoms with Crippen LogP contribution in [0.4, 0.5) is 13.8 Å². The molecule has 100 valence electrons. The predicted octanol–water partition coefficient (Wildman–Crippen LogP) is 3.37. The highest BCUT2D eigenvalue weighted by Gasteiger charge is 2.22. The van der Waals surface area contributed by atoms with Gasteiger partial charge < -0.3 is 10.5 Å². The van der Waals surface area contributed by atoms with Crippen molar-refractivity contribution in [3.8, 4) is 11.1 Å². The topological polar surface area (TPSA) is 52.3 Å². The van der Waals surface area contributed by atoms with Gasteiger partial charge in [0.25, 0.3) is 0 Å². The van der Waals surface area contributed by atoms with E-state index in [-0.39, 0.29) is 27.3 Å². The molecule has 0 aliphatic heterocycles. The van der Waals surface area contributed by atoms with Gasteiger partial charge in [0.1, 0.15) is 22.2 Å². The van der Waals surface area contributed by atoms with Gasteiger partial charge in [-0.1, -0.05) is 0 Å². The Balaban J connectivity index is 2.66. The molecule has 2 aromatic rings. The first-order chi connectivity index (χ1) is 8.95. The molecule has 0 atom stereocenters. The molecule has 0 amide bonds. The molecule has 0 fully saturated rings. The fourth-order valence-electron chi connectivity index (χ4n) is 1.74. The lowest BCUT2D eigenvalue weighted by Crippen LogP contribution is -2.05. The molecule has 1 aromatic heterocycles. The Hall–Kier alpha value is -1.95. The lowest BCUT2D eigenvalue weighted by Gasteiger charge is -2.07. The summed E-state index contributed by atoms with van der Waals surface area (Å²) in [4.78, 5) is 11.6. The Morgan fingerprint density at radius 3 is 2.58 bits per heavy atom. The number of carbonyl (C=O) groups excluding carboxylic acids is 1. The number of hydrogen-bond acceptors (Lipinski definition) is 4. The molecular weight excluding hydrogens is 272 g/mol. The Morgan fingerprint density at radius 1 is 1.26 bits per heavy atom. The quantitative estimate of drug-likeness (QED) is 0.860. The fraction of sp³-hybridized carbons (Fsp3) is 0.154. The highest BCUT2D eigenvalue weighted by molar-refractivity contribution is 7.14. The van der Waals surface area contributed by atoms with E-state index < -0.39 is 17.6 Å². The van der Waals surface area contributed by atoms with Crippen LogP contribution >= 0.6 is 11.3 Å². The van der Waals surface area contributed by atoms with E-state index in [0.29, 0.717) is 0 Å². The van der Waals surface area contributed by atoms with Crippen molar-refractivity contribution in [2.75, 3.05) is 12.8 Å². The number of halogens is 2. The zero-order chi connectivity index (χ0) is 14.2. The predicted molar refractivity (Wildman–Crippen MR) is 70.2 cm³/mol. The summed E-state index contributed by atoms with van der Waals surface area (Å²) in [5.41, 5.74) is 6.18. The number of esters is 1. The van der Waals surface area contributed by atoms with Crippen LogP contribution in [0.15, 0.2) is 17.5 Å². The normalized spacial score (nSPS) is 10.5. The number of aryl methyl sites for hydroxylation is 1. The third kappa shape index (κ3) is 2.31. The summed E-state index contributed by atoms with van der Waals surface area (Å²) in [6, 6.07) is 2.14. The summed E-state index contributed by atoms with van der Waals surface area (Å²) in [7, 11) is 1.20. The number of ether oxygens (including phenoxy) is 1. The van der Waals surface area contributed by atoms with Crippen LogP contribution in [0.3, 0.4) is 0 Å². The van der Waals surface area contributed by atoms with Crippen LogP contribution < -0.4 is 5.73 Å². The number of benzene rings is 1. The second-order valence-corrected chi connectivity index (χ2v) is 4.87. The van der Waals surface area contributed by atoms with Crippen molar-refractivity contribution in [2.24, 2.45) is 0 Å². The Kier molecular flexibility index (Phi) is 3.53. The van der Waals surface area contributed by atoms with Gasteiger partial charge in [0, 0.05) is 16.5 Å². The molecule has 0 aliphatic carbocycles. The summed E-state index contributed by atoms with van der Waals surface area (Å²) in [5.74, 6) is -1.83. The molecular formula is C13H11F2NO2S. The van der Waals surface area contributed by atoms with Crippen molar-refractivity contribution in [2.45, 2.75) is 6.92 Å². The first-order valence-electron chi connectivity index (χ1n) is 5.37. The number of methoxy groups -OCH3 is 1. The van der Waals surface area contributed by atoms with Crippen molar-refractivity contribution in [3.05, 3.63) is 40.3 Å². The average molecular weight is 283 g/mol. The summed E-state index contributed by atoms with van der Waals surface area (Å²) < 4.78 is 32.1. The van der Waals surface area contributed by atoms with Crippen LogP contribution in [0.1, 0.15) is 15.9 Å². The fourth-order valence-corrected chi connectivity index (χ4v) is 2.54. The van der Waals surface area contributed by atoms with Gasteiger partial charge in [-0.15, -0.1) is 11.3 Å². The number of nitrogens with two attached hydrogens (primary N) is 1. The van der Waals surface area contributed by atoms with Gasteiger partial charge in [0.15, 0.2) is 0 Å². The molecule has 0 saturated carbocycles. The minimum absolute atomic E-state index is 0.00329. The van der Waals surface area contributed by atoms with Crippen LogP contribution in [0, 0.1) is 18.6 Å². The van der Waals surface area contributed by atoms with Crippen molar-refractivity contribution >= 4 is 22.3 Å². The van der Waals surface area contributed by atoms with Crippen LogP contribution in [0.25, 0.3) is 11.1 Å². The van der Waals surface area contributed by atoms with Gasteiger partial charge in [-0.25, -0.2) is 13.6 Å². The highest BCUT2D eigenvalue weighted by Crippen LogP contribution is 2.36. The Bertz CT molecular complexity index is 652. The first-order valence-corrected chi connectivity index (χ1v) is 6.25. The summed E-state index contributed by atoms with van der Waals surface area (Å²) in [6.07, 6.45) is 0. The van der Waals surface area contributed by atoms with Crippen molar-refractivity contribution in [1.29, 1.82) is 0 Å². The van der Waals surface area contributed by atoms with E-state index in [1.165, 1.54) is 19.4 Å². The monoisotopic (exact) mass is 283 g/mol. The smallest absolute Gasteiger partial charge is 0.341 e. The Labute approximate surface area is 112 Å². The van der Waals surface area contributed by atoms with E-state index >= 15 is 0 Å². The second kappa shape index (κ2) is 4.97. The van der Waals surface area contributed by atoms with Crippen molar-refractivity contribution in [1.82, 2.24) is 0 Å². The molecule has 1 aromatic carbocycles. The van der Waals surface area contributed by atoms with Gasteiger partial charge in [-0.2, -0.15) is 0 Å². The lowest BCUT2D eigenvalue weighted by atomic mass is 10.0. The van der Waals surface area contributed by atoms with E-state index in [0.717, 1.165) is 23.5 Å². The zero-order valence-corrected chi connectivity index (χ0v) is 11.1. The molecule has 3 nitrogen and oxygen atoms in total. The summed E-state index contributed by atoms with van der Waals surface area (Å²) in [6.45, 7) is 1.46. The maximum absolute atomic E-state index is 13.9. The maximum Gasteiger partial charge on any atom is 0.341 e. The number of nitrogen functional groups attached to an aromatic ring is 1. The minimum Gasteiger partial charge on any atom is -0.465 e. The molecule has 19 heavy (non-hydrogen) atoms. The largest absolute Gasteiger partial charge is 0.465 e. The maximum atomic E-state index is 13.9. The number of carbonyl (C=O) groups is 1. The third-order valence-electron chi connectivity index (χ3n) is 2.75. The van der Waals surface area contributed by atoms with E-state index in [2.05, 4.69) is 4.74 Å². The van der Waals surface area contributed by atoms with Gasteiger partial charge in [-0.3, -0.25) is 0 Å². The SMILES string of the molecule is COC(=O)c1c(-c2cc(F)c(C)cc2F)csc1N. The molecule has 0 aliphatic rings. The molecule has 1 heterocycles. The van der Waals surface area contributed by atoms with Crippen LogP contribution in [0.2, 0.25) is 0 Å². The van der Waals surface area contributed by atoms with Gasteiger partial charge in [0.05, 0.1) is 7.11 Å². The molecule has 2 rings (SSSR count). The average Bonchev–Trinajstić information content (AvgIpc) is 2.74. The number of thiophene rings is 1. The van der Waals surface area contributed by atoms with Gasteiger partial charge >= 0.3 is 5.97 Å². The Morgan fingerprint density at radius 2 is 1.95 bits per heavy atom. The molecule has 6 heteroatoms. The lowest BCUT2D eigenvalue weighted by molar-refractivity contribution is 0.0603. The molecule has 2 N–H and O–H groups in total. The van der Waals surface area contributed by atoms with Crippen molar-refractivity contribution in [3.63, 3.8) is 0 Å². The number of hydrogen-bond donors (Lipinski definition) is 1. The number of anilines is 1. The van der Waals surface area contributed by atoms with Crippen LogP contribution in [-0.2, 0) is 4.74 Å². The zero-order valence-electron chi connectivity index (χ0n) is 10.3. The van der Waals surface area contributed by atoms with Crippen LogP contribution in [-0.4, -0.2) is 13.1 Å².